The average Bonchev–Trinajstić information content (AvgIpc) is 2.93. The van der Waals surface area contributed by atoms with Crippen LogP contribution in [-0.4, -0.2) is 18.7 Å². The van der Waals surface area contributed by atoms with Crippen LogP contribution in [0.25, 0.3) is 0 Å². The Bertz CT molecular complexity index is 447. The Morgan fingerprint density at radius 3 is 2.76 bits per heavy atom. The van der Waals surface area contributed by atoms with E-state index in [1.54, 1.807) is 0 Å². The molecule has 1 aromatic rings. The third-order valence-corrected chi connectivity index (χ3v) is 3.96. The number of hydrogen-bond donors (Lipinski definition) is 0. The van der Waals surface area contributed by atoms with Crippen LogP contribution in [0.2, 0.25) is 0 Å². The molecule has 3 heteroatoms. The highest BCUT2D eigenvalue weighted by Crippen LogP contribution is 2.52. The molecular formula is C14H16O3. The van der Waals surface area contributed by atoms with Crippen molar-refractivity contribution >= 4 is 5.97 Å². The summed E-state index contributed by atoms with van der Waals surface area (Å²) in [6, 6.07) is 7.82. The van der Waals surface area contributed by atoms with Gasteiger partial charge in [-0.05, 0) is 31.7 Å². The first-order chi connectivity index (χ1) is 8.27. The van der Waals surface area contributed by atoms with Gasteiger partial charge < -0.3 is 9.47 Å². The zero-order valence-corrected chi connectivity index (χ0v) is 9.94. The lowest BCUT2D eigenvalue weighted by molar-refractivity contribution is -0.146. The van der Waals surface area contributed by atoms with Crippen molar-refractivity contribution in [3.8, 4) is 5.75 Å². The molecule has 1 aliphatic heterocycles. The Labute approximate surface area is 101 Å². The number of para-hydroxylation sites is 1. The number of esters is 1. The predicted molar refractivity (Wildman–Crippen MR) is 63.0 cm³/mol. The summed E-state index contributed by atoms with van der Waals surface area (Å²) in [7, 11) is 1.45. The number of hydrogen-bond acceptors (Lipinski definition) is 3. The number of benzene rings is 1. The van der Waals surface area contributed by atoms with Crippen molar-refractivity contribution in [1.29, 1.82) is 0 Å². The maximum atomic E-state index is 12.0. The van der Waals surface area contributed by atoms with Crippen LogP contribution in [-0.2, 0) is 9.53 Å². The van der Waals surface area contributed by atoms with Crippen LogP contribution in [0.15, 0.2) is 24.3 Å². The second kappa shape index (κ2) is 3.76. The van der Waals surface area contributed by atoms with Gasteiger partial charge in [0.15, 0.2) is 0 Å². The van der Waals surface area contributed by atoms with Crippen LogP contribution < -0.4 is 4.74 Å². The molecule has 1 saturated carbocycles. The van der Waals surface area contributed by atoms with Crippen LogP contribution >= 0.6 is 0 Å². The van der Waals surface area contributed by atoms with Crippen molar-refractivity contribution in [2.45, 2.75) is 37.2 Å². The second-order valence-electron chi connectivity index (χ2n) is 4.87. The zero-order chi connectivity index (χ0) is 11.9. The summed E-state index contributed by atoms with van der Waals surface area (Å²) in [5.74, 6) is 0.438. The Morgan fingerprint density at radius 1 is 1.35 bits per heavy atom. The maximum absolute atomic E-state index is 12.0. The molecule has 0 N–H and O–H groups in total. The minimum absolute atomic E-state index is 0.170. The van der Waals surface area contributed by atoms with Crippen LogP contribution in [0.3, 0.4) is 0 Å². The number of carbonyl (C=O) groups is 1. The Morgan fingerprint density at radius 2 is 2.06 bits per heavy atom. The topological polar surface area (TPSA) is 35.5 Å². The van der Waals surface area contributed by atoms with Crippen molar-refractivity contribution in [3.05, 3.63) is 29.8 Å². The minimum Gasteiger partial charge on any atom is -0.486 e. The van der Waals surface area contributed by atoms with E-state index in [4.69, 9.17) is 9.47 Å². The van der Waals surface area contributed by atoms with E-state index >= 15 is 0 Å². The summed E-state index contributed by atoms with van der Waals surface area (Å²) in [5, 5.41) is 0. The highest BCUT2D eigenvalue weighted by molar-refractivity contribution is 5.82. The fourth-order valence-electron chi connectivity index (χ4n) is 3.20. The van der Waals surface area contributed by atoms with Gasteiger partial charge in [0, 0.05) is 5.56 Å². The SMILES string of the molecule is COC(=O)[C@H]1c2ccccc2OC12CCCC2. The maximum Gasteiger partial charge on any atom is 0.317 e. The molecule has 0 unspecified atom stereocenters. The van der Waals surface area contributed by atoms with Gasteiger partial charge in [0.2, 0.25) is 0 Å². The standard InChI is InChI=1S/C14H16O3/c1-16-13(15)12-10-6-2-3-7-11(10)17-14(12)8-4-5-9-14/h2-3,6-7,12H,4-5,8-9H2,1H3/t12-/m1/s1. The molecule has 1 fully saturated rings. The molecule has 3 rings (SSSR count). The first-order valence-corrected chi connectivity index (χ1v) is 6.13. The number of carbonyl (C=O) groups excluding carboxylic acids is 1. The first-order valence-electron chi connectivity index (χ1n) is 6.13. The molecule has 0 bridgehead atoms. The zero-order valence-electron chi connectivity index (χ0n) is 9.94. The third-order valence-electron chi connectivity index (χ3n) is 3.96. The second-order valence-corrected chi connectivity index (χ2v) is 4.87. The third kappa shape index (κ3) is 1.45. The summed E-state index contributed by atoms with van der Waals surface area (Å²) in [4.78, 5) is 12.0. The smallest absolute Gasteiger partial charge is 0.317 e. The Hall–Kier alpha value is -1.51. The van der Waals surface area contributed by atoms with E-state index in [1.807, 2.05) is 24.3 Å². The molecule has 3 nitrogen and oxygen atoms in total. The fourth-order valence-corrected chi connectivity index (χ4v) is 3.20. The van der Waals surface area contributed by atoms with Gasteiger partial charge in [-0.15, -0.1) is 0 Å². The van der Waals surface area contributed by atoms with Crippen LogP contribution in [0, 0.1) is 0 Å². The van der Waals surface area contributed by atoms with Gasteiger partial charge in [0.05, 0.1) is 7.11 Å². The van der Waals surface area contributed by atoms with E-state index in [9.17, 15) is 4.79 Å². The van der Waals surface area contributed by atoms with Crippen molar-refractivity contribution in [3.63, 3.8) is 0 Å². The largest absolute Gasteiger partial charge is 0.486 e. The van der Waals surface area contributed by atoms with E-state index < -0.39 is 0 Å². The van der Waals surface area contributed by atoms with E-state index in [-0.39, 0.29) is 17.5 Å². The summed E-state index contributed by atoms with van der Waals surface area (Å²) in [6.45, 7) is 0. The van der Waals surface area contributed by atoms with Crippen molar-refractivity contribution < 1.29 is 14.3 Å². The molecule has 1 atom stereocenters. The molecule has 1 spiro atoms. The van der Waals surface area contributed by atoms with Gasteiger partial charge in [-0.2, -0.15) is 0 Å². The summed E-state index contributed by atoms with van der Waals surface area (Å²) >= 11 is 0. The molecule has 1 heterocycles. The van der Waals surface area contributed by atoms with Gasteiger partial charge in [-0.3, -0.25) is 4.79 Å². The monoisotopic (exact) mass is 232 g/mol. The normalized spacial score (nSPS) is 24.4. The van der Waals surface area contributed by atoms with E-state index in [1.165, 1.54) is 7.11 Å². The molecule has 90 valence electrons. The van der Waals surface area contributed by atoms with Gasteiger partial charge in [0.25, 0.3) is 0 Å². The van der Waals surface area contributed by atoms with E-state index in [0.717, 1.165) is 37.0 Å². The van der Waals surface area contributed by atoms with Crippen LogP contribution in [0.4, 0.5) is 0 Å². The average molecular weight is 232 g/mol. The molecule has 1 aromatic carbocycles. The molecule has 0 aromatic heterocycles. The lowest BCUT2D eigenvalue weighted by atomic mass is 9.83. The number of rotatable bonds is 1. The molecule has 0 radical (unpaired) electrons. The van der Waals surface area contributed by atoms with Gasteiger partial charge in [0.1, 0.15) is 17.3 Å². The molecule has 1 aliphatic carbocycles. The van der Waals surface area contributed by atoms with E-state index in [0.29, 0.717) is 0 Å². The minimum atomic E-state index is -0.337. The van der Waals surface area contributed by atoms with Gasteiger partial charge >= 0.3 is 5.97 Å². The summed E-state index contributed by atoms with van der Waals surface area (Å²) < 4.78 is 11.0. The Balaban J connectivity index is 2.07. The quantitative estimate of drug-likeness (QED) is 0.698. The lowest BCUT2D eigenvalue weighted by Crippen LogP contribution is -2.39. The van der Waals surface area contributed by atoms with Crippen molar-refractivity contribution in [2.24, 2.45) is 0 Å². The summed E-state index contributed by atoms with van der Waals surface area (Å²) in [5.41, 5.74) is 0.651. The first kappa shape index (κ1) is 10.6. The number of methoxy groups -OCH3 is 1. The predicted octanol–water partition coefficient (Wildman–Crippen LogP) is 2.65. The van der Waals surface area contributed by atoms with E-state index in [2.05, 4.69) is 0 Å². The molecule has 0 amide bonds. The summed E-state index contributed by atoms with van der Waals surface area (Å²) in [6.07, 6.45) is 4.14. The molecule has 17 heavy (non-hydrogen) atoms. The fraction of sp³-hybridized carbons (Fsp3) is 0.500. The lowest BCUT2D eigenvalue weighted by Gasteiger charge is -2.28. The molecule has 2 aliphatic rings. The Kier molecular flexibility index (Phi) is 2.35. The van der Waals surface area contributed by atoms with Gasteiger partial charge in [-0.25, -0.2) is 0 Å². The van der Waals surface area contributed by atoms with Crippen LogP contribution in [0.1, 0.15) is 37.2 Å². The highest BCUT2D eigenvalue weighted by Gasteiger charge is 2.53. The number of ether oxygens (including phenoxy) is 2. The number of fused-ring (bicyclic) bond motifs is 1. The van der Waals surface area contributed by atoms with Crippen LogP contribution in [0.5, 0.6) is 5.75 Å². The van der Waals surface area contributed by atoms with Crippen molar-refractivity contribution in [1.82, 2.24) is 0 Å². The molecular weight excluding hydrogens is 216 g/mol. The molecule has 0 saturated heterocycles. The van der Waals surface area contributed by atoms with Crippen molar-refractivity contribution in [2.75, 3.05) is 7.11 Å². The van der Waals surface area contributed by atoms with Gasteiger partial charge in [-0.1, -0.05) is 18.2 Å². The highest BCUT2D eigenvalue weighted by atomic mass is 16.5.